The van der Waals surface area contributed by atoms with E-state index in [2.05, 4.69) is 94.9 Å². The minimum absolute atomic E-state index is 1.19. The summed E-state index contributed by atoms with van der Waals surface area (Å²) < 4.78 is 0. The lowest BCUT2D eigenvalue weighted by atomic mass is 10.0. The first-order valence-corrected chi connectivity index (χ1v) is 9.62. The van der Waals surface area contributed by atoms with E-state index in [9.17, 15) is 0 Å². The number of H-pyrrole nitrogens is 2. The van der Waals surface area contributed by atoms with E-state index in [0.717, 1.165) is 0 Å². The maximum atomic E-state index is 3.64. The highest BCUT2D eigenvalue weighted by Crippen LogP contribution is 2.35. The Balaban J connectivity index is 1.62. The van der Waals surface area contributed by atoms with Gasteiger partial charge in [-0.05, 0) is 57.9 Å². The van der Waals surface area contributed by atoms with Gasteiger partial charge in [0, 0.05) is 43.6 Å². The van der Waals surface area contributed by atoms with E-state index >= 15 is 0 Å². The van der Waals surface area contributed by atoms with Crippen molar-refractivity contribution in [3.63, 3.8) is 0 Å². The molecule has 7 aromatic rings. The van der Waals surface area contributed by atoms with Gasteiger partial charge in [0.25, 0.3) is 0 Å². The van der Waals surface area contributed by atoms with Crippen LogP contribution in [-0.4, -0.2) is 9.97 Å². The van der Waals surface area contributed by atoms with Crippen LogP contribution >= 0.6 is 0 Å². The number of nitrogens with one attached hydrogen (secondary N) is 2. The standard InChI is InChI=1S/C26H16N2/c1-3-7-17-11-23-19(9-15(17)5-1)21-13-26-22(14-25(21)27-23)20-10-16-6-2-4-8-18(16)12-24(20)28-26/h1-14,27-28H. The van der Waals surface area contributed by atoms with Gasteiger partial charge in [-0.15, -0.1) is 0 Å². The number of benzene rings is 5. The predicted octanol–water partition coefficient (Wildman–Crippen LogP) is 7.26. The predicted molar refractivity (Wildman–Crippen MR) is 120 cm³/mol. The molecule has 28 heavy (non-hydrogen) atoms. The summed E-state index contributed by atoms with van der Waals surface area (Å²) in [6, 6.07) is 30.8. The van der Waals surface area contributed by atoms with Crippen molar-refractivity contribution in [2.24, 2.45) is 0 Å². The van der Waals surface area contributed by atoms with Crippen LogP contribution in [0.25, 0.3) is 65.2 Å². The Labute approximate surface area is 160 Å². The fourth-order valence-corrected chi connectivity index (χ4v) is 4.68. The van der Waals surface area contributed by atoms with E-state index in [4.69, 9.17) is 0 Å². The van der Waals surface area contributed by atoms with Gasteiger partial charge in [0.2, 0.25) is 0 Å². The van der Waals surface area contributed by atoms with E-state index in [1.54, 1.807) is 0 Å². The smallest absolute Gasteiger partial charge is 0.0472 e. The fourth-order valence-electron chi connectivity index (χ4n) is 4.68. The largest absolute Gasteiger partial charge is 0.354 e. The first-order chi connectivity index (χ1) is 13.8. The summed E-state index contributed by atoms with van der Waals surface area (Å²) in [5.74, 6) is 0. The third-order valence-corrected chi connectivity index (χ3v) is 6.05. The van der Waals surface area contributed by atoms with Crippen LogP contribution in [0.15, 0.2) is 84.9 Å². The van der Waals surface area contributed by atoms with Crippen molar-refractivity contribution in [3.8, 4) is 0 Å². The first-order valence-electron chi connectivity index (χ1n) is 9.62. The molecule has 2 aromatic heterocycles. The number of rotatable bonds is 0. The number of aromatic nitrogens is 2. The molecule has 5 aromatic carbocycles. The van der Waals surface area contributed by atoms with E-state index in [0.29, 0.717) is 0 Å². The molecule has 2 N–H and O–H groups in total. The van der Waals surface area contributed by atoms with Gasteiger partial charge in [-0.3, -0.25) is 0 Å². The first kappa shape index (κ1) is 14.3. The van der Waals surface area contributed by atoms with E-state index < -0.39 is 0 Å². The fraction of sp³-hybridized carbons (Fsp3) is 0. The molecule has 0 bridgehead atoms. The maximum absolute atomic E-state index is 3.64. The quantitative estimate of drug-likeness (QED) is 0.286. The average molecular weight is 356 g/mol. The van der Waals surface area contributed by atoms with Crippen LogP contribution in [0.1, 0.15) is 0 Å². The molecule has 2 heterocycles. The lowest BCUT2D eigenvalue weighted by Crippen LogP contribution is -1.73. The monoisotopic (exact) mass is 356 g/mol. The summed E-state index contributed by atoms with van der Waals surface area (Å²) in [5, 5.41) is 10.2. The van der Waals surface area contributed by atoms with Crippen LogP contribution in [0.3, 0.4) is 0 Å². The van der Waals surface area contributed by atoms with Crippen molar-refractivity contribution in [3.05, 3.63) is 84.9 Å². The molecule has 0 atom stereocenters. The molecule has 0 amide bonds. The van der Waals surface area contributed by atoms with Crippen LogP contribution in [-0.2, 0) is 0 Å². The molecule has 0 unspecified atom stereocenters. The summed E-state index contributed by atoms with van der Waals surface area (Å²) in [4.78, 5) is 7.28. The van der Waals surface area contributed by atoms with Crippen LogP contribution in [0, 0.1) is 0 Å². The maximum Gasteiger partial charge on any atom is 0.0472 e. The zero-order valence-electron chi connectivity index (χ0n) is 15.1. The third-order valence-electron chi connectivity index (χ3n) is 6.05. The van der Waals surface area contributed by atoms with E-state index in [1.165, 1.54) is 65.2 Å². The Morgan fingerprint density at radius 3 is 1.11 bits per heavy atom. The Morgan fingerprint density at radius 2 is 0.679 bits per heavy atom. The summed E-state index contributed by atoms with van der Waals surface area (Å²) in [7, 11) is 0. The van der Waals surface area contributed by atoms with Crippen LogP contribution in [0.5, 0.6) is 0 Å². The molecule has 0 aliphatic rings. The Bertz CT molecular complexity index is 1580. The van der Waals surface area contributed by atoms with Gasteiger partial charge in [-0.2, -0.15) is 0 Å². The molecule has 7 rings (SSSR count). The normalized spacial score (nSPS) is 12.3. The van der Waals surface area contributed by atoms with Gasteiger partial charge < -0.3 is 9.97 Å². The molecule has 0 radical (unpaired) electrons. The molecule has 2 heteroatoms. The summed E-state index contributed by atoms with van der Waals surface area (Å²) >= 11 is 0. The van der Waals surface area contributed by atoms with Crippen molar-refractivity contribution in [1.29, 1.82) is 0 Å². The highest BCUT2D eigenvalue weighted by atomic mass is 14.7. The zero-order chi connectivity index (χ0) is 18.2. The number of aromatic amines is 2. The molecular formula is C26H16N2. The molecule has 0 fully saturated rings. The van der Waals surface area contributed by atoms with Crippen molar-refractivity contribution in [2.45, 2.75) is 0 Å². The van der Waals surface area contributed by atoms with Crippen molar-refractivity contribution in [2.75, 3.05) is 0 Å². The summed E-state index contributed by atoms with van der Waals surface area (Å²) in [6.07, 6.45) is 0. The molecular weight excluding hydrogens is 340 g/mol. The van der Waals surface area contributed by atoms with E-state index in [-0.39, 0.29) is 0 Å². The molecule has 0 saturated carbocycles. The van der Waals surface area contributed by atoms with Crippen molar-refractivity contribution in [1.82, 2.24) is 9.97 Å². The SMILES string of the molecule is c1ccc2cc3c(cc2c1)[nH]c1cc2c(cc13)[nH]c1cc3ccccc3cc12. The Morgan fingerprint density at radius 1 is 0.357 bits per heavy atom. The zero-order valence-corrected chi connectivity index (χ0v) is 15.1. The summed E-state index contributed by atoms with van der Waals surface area (Å²) in [6.45, 7) is 0. The van der Waals surface area contributed by atoms with Gasteiger partial charge in [-0.1, -0.05) is 48.5 Å². The number of fused-ring (bicyclic) bond motifs is 8. The van der Waals surface area contributed by atoms with E-state index in [1.807, 2.05) is 0 Å². The molecule has 0 saturated heterocycles. The molecule has 0 aliphatic heterocycles. The van der Waals surface area contributed by atoms with Crippen LogP contribution in [0.4, 0.5) is 0 Å². The summed E-state index contributed by atoms with van der Waals surface area (Å²) in [5.41, 5.74) is 4.76. The third kappa shape index (κ3) is 1.82. The minimum atomic E-state index is 1.19. The second-order valence-electron chi connectivity index (χ2n) is 7.68. The highest BCUT2D eigenvalue weighted by molar-refractivity contribution is 6.20. The van der Waals surface area contributed by atoms with Crippen molar-refractivity contribution < 1.29 is 0 Å². The van der Waals surface area contributed by atoms with Gasteiger partial charge in [0.15, 0.2) is 0 Å². The second kappa shape index (κ2) is 4.93. The molecule has 2 nitrogen and oxygen atoms in total. The minimum Gasteiger partial charge on any atom is -0.354 e. The Hall–Kier alpha value is -3.78. The lowest BCUT2D eigenvalue weighted by molar-refractivity contribution is 1.55. The number of hydrogen-bond acceptors (Lipinski definition) is 0. The van der Waals surface area contributed by atoms with Gasteiger partial charge in [0.05, 0.1) is 0 Å². The van der Waals surface area contributed by atoms with Crippen LogP contribution < -0.4 is 0 Å². The average Bonchev–Trinajstić information content (AvgIpc) is 3.25. The van der Waals surface area contributed by atoms with Gasteiger partial charge in [0.1, 0.15) is 0 Å². The highest BCUT2D eigenvalue weighted by Gasteiger charge is 2.11. The van der Waals surface area contributed by atoms with Crippen LogP contribution in [0.2, 0.25) is 0 Å². The molecule has 0 aliphatic carbocycles. The molecule has 0 spiro atoms. The molecule has 130 valence electrons. The lowest BCUT2D eigenvalue weighted by Gasteiger charge is -1.98. The van der Waals surface area contributed by atoms with Gasteiger partial charge in [-0.25, -0.2) is 0 Å². The Kier molecular flexibility index (Phi) is 2.52. The van der Waals surface area contributed by atoms with Gasteiger partial charge >= 0.3 is 0 Å². The second-order valence-corrected chi connectivity index (χ2v) is 7.68. The number of hydrogen-bond donors (Lipinski definition) is 2. The van der Waals surface area contributed by atoms with Crippen molar-refractivity contribution >= 4 is 65.2 Å². The topological polar surface area (TPSA) is 31.6 Å².